The average molecular weight is 353 g/mol. The van der Waals surface area contributed by atoms with Crippen LogP contribution in [0.2, 0.25) is 0 Å². The van der Waals surface area contributed by atoms with E-state index in [1.165, 1.54) is 6.07 Å². The molecule has 0 amide bonds. The highest BCUT2D eigenvalue weighted by Gasteiger charge is 2.26. The fourth-order valence-electron chi connectivity index (χ4n) is 1.96. The van der Waals surface area contributed by atoms with Crippen LogP contribution in [0.5, 0.6) is 0 Å². The third kappa shape index (κ3) is 3.79. The van der Waals surface area contributed by atoms with Crippen LogP contribution >= 0.6 is 15.9 Å². The van der Waals surface area contributed by atoms with Crippen LogP contribution in [-0.4, -0.2) is 34.7 Å². The number of rotatable bonds is 5. The lowest BCUT2D eigenvalue weighted by atomic mass is 10.1. The molecule has 1 aliphatic rings. The lowest BCUT2D eigenvalue weighted by Gasteiger charge is -2.22. The van der Waals surface area contributed by atoms with E-state index in [-0.39, 0.29) is 15.6 Å². The van der Waals surface area contributed by atoms with Crippen LogP contribution in [0.25, 0.3) is 0 Å². The van der Waals surface area contributed by atoms with Crippen LogP contribution in [0.3, 0.4) is 0 Å². The number of sulfonamides is 1. The summed E-state index contributed by atoms with van der Waals surface area (Å²) in [4.78, 5) is 0.128. The van der Waals surface area contributed by atoms with Crippen molar-refractivity contribution in [2.45, 2.75) is 30.3 Å². The molecule has 8 heteroatoms. The van der Waals surface area contributed by atoms with Crippen molar-refractivity contribution < 1.29 is 17.6 Å². The third-order valence-corrected chi connectivity index (χ3v) is 5.21. The van der Waals surface area contributed by atoms with Gasteiger partial charge in [-0.15, -0.1) is 0 Å². The normalized spacial score (nSPS) is 20.6. The van der Waals surface area contributed by atoms with Crippen LogP contribution in [0, 0.1) is 0 Å². The maximum atomic E-state index is 12.3. The van der Waals surface area contributed by atoms with E-state index in [2.05, 4.69) is 26.0 Å². The van der Waals surface area contributed by atoms with E-state index >= 15 is 0 Å². The first kappa shape index (κ1) is 15.0. The van der Waals surface area contributed by atoms with E-state index in [9.17, 15) is 8.42 Å². The molecule has 0 aliphatic carbocycles. The van der Waals surface area contributed by atoms with Gasteiger partial charge in [-0.05, 0) is 35.8 Å². The van der Waals surface area contributed by atoms with E-state index in [1.807, 2.05) is 0 Å². The SMILES string of the molecule is CNCc1cc(S(=O)(=O)NC2CCCOC2)c(Br)o1. The largest absolute Gasteiger partial charge is 0.452 e. The molecule has 1 fully saturated rings. The molecule has 1 aromatic heterocycles. The highest BCUT2D eigenvalue weighted by Crippen LogP contribution is 2.26. The minimum atomic E-state index is -3.59. The average Bonchev–Trinajstić information content (AvgIpc) is 2.72. The molecule has 2 heterocycles. The van der Waals surface area contributed by atoms with Gasteiger partial charge in [0.1, 0.15) is 10.7 Å². The summed E-state index contributed by atoms with van der Waals surface area (Å²) in [6, 6.07) is 1.35. The van der Waals surface area contributed by atoms with Gasteiger partial charge in [0.15, 0.2) is 4.67 Å². The molecule has 1 aliphatic heterocycles. The van der Waals surface area contributed by atoms with Gasteiger partial charge >= 0.3 is 0 Å². The molecule has 0 radical (unpaired) electrons. The first-order valence-corrected chi connectivity index (χ1v) is 8.33. The molecule has 108 valence electrons. The summed E-state index contributed by atoms with van der Waals surface area (Å²) in [5.41, 5.74) is 0. The molecule has 0 aromatic carbocycles. The molecule has 1 aromatic rings. The third-order valence-electron chi connectivity index (χ3n) is 2.83. The molecule has 0 bridgehead atoms. The Balaban J connectivity index is 2.14. The van der Waals surface area contributed by atoms with Crippen molar-refractivity contribution in [3.05, 3.63) is 16.5 Å². The van der Waals surface area contributed by atoms with E-state index in [4.69, 9.17) is 9.15 Å². The van der Waals surface area contributed by atoms with Gasteiger partial charge < -0.3 is 14.5 Å². The first-order chi connectivity index (χ1) is 9.03. The summed E-state index contributed by atoms with van der Waals surface area (Å²) < 4.78 is 38.0. The Kier molecular flexibility index (Phi) is 5.02. The van der Waals surface area contributed by atoms with E-state index < -0.39 is 10.0 Å². The number of halogens is 1. The van der Waals surface area contributed by atoms with Crippen LogP contribution in [0.1, 0.15) is 18.6 Å². The summed E-state index contributed by atoms with van der Waals surface area (Å²) in [5.74, 6) is 0.564. The van der Waals surface area contributed by atoms with E-state index in [0.717, 1.165) is 12.8 Å². The predicted octanol–water partition coefficient (Wildman–Crippen LogP) is 1.22. The van der Waals surface area contributed by atoms with Gasteiger partial charge in [-0.3, -0.25) is 0 Å². The Morgan fingerprint density at radius 3 is 2.95 bits per heavy atom. The van der Waals surface area contributed by atoms with Gasteiger partial charge in [0.25, 0.3) is 0 Å². The second-order valence-corrected chi connectivity index (χ2v) is 6.82. The smallest absolute Gasteiger partial charge is 0.245 e. The predicted molar refractivity (Wildman–Crippen MR) is 73.3 cm³/mol. The maximum absolute atomic E-state index is 12.3. The molecular weight excluding hydrogens is 336 g/mol. The zero-order valence-electron chi connectivity index (χ0n) is 10.6. The number of ether oxygens (including phenoxy) is 1. The van der Waals surface area contributed by atoms with Crippen molar-refractivity contribution in [2.24, 2.45) is 0 Å². The van der Waals surface area contributed by atoms with E-state index in [1.54, 1.807) is 7.05 Å². The molecule has 2 N–H and O–H groups in total. The summed E-state index contributed by atoms with van der Waals surface area (Å²) >= 11 is 3.14. The van der Waals surface area contributed by atoms with Crippen molar-refractivity contribution in [1.82, 2.24) is 10.0 Å². The Bertz CT molecular complexity index is 523. The van der Waals surface area contributed by atoms with Gasteiger partial charge in [0.05, 0.1) is 13.2 Å². The first-order valence-electron chi connectivity index (χ1n) is 6.06. The molecule has 1 unspecified atom stereocenters. The van der Waals surface area contributed by atoms with Crippen LogP contribution in [-0.2, 0) is 21.3 Å². The number of furan rings is 1. The Labute approximate surface area is 121 Å². The molecule has 6 nitrogen and oxygen atoms in total. The van der Waals surface area contributed by atoms with Crippen molar-refractivity contribution in [3.63, 3.8) is 0 Å². The second kappa shape index (κ2) is 6.36. The second-order valence-electron chi connectivity index (χ2n) is 4.42. The fraction of sp³-hybridized carbons (Fsp3) is 0.636. The zero-order chi connectivity index (χ0) is 13.9. The number of nitrogens with one attached hydrogen (secondary N) is 2. The molecular formula is C11H17BrN2O4S. The minimum absolute atomic E-state index is 0.128. The molecule has 0 spiro atoms. The van der Waals surface area contributed by atoms with Gasteiger partial charge in [-0.2, -0.15) is 0 Å². The lowest BCUT2D eigenvalue weighted by molar-refractivity contribution is 0.0774. The molecule has 1 saturated heterocycles. The van der Waals surface area contributed by atoms with Crippen molar-refractivity contribution in [2.75, 3.05) is 20.3 Å². The zero-order valence-corrected chi connectivity index (χ0v) is 13.0. The summed E-state index contributed by atoms with van der Waals surface area (Å²) in [6.45, 7) is 1.58. The standard InChI is InChI=1S/C11H17BrN2O4S/c1-13-6-9-5-10(11(12)18-9)19(15,16)14-8-3-2-4-17-7-8/h5,8,13-14H,2-4,6-7H2,1H3. The Morgan fingerprint density at radius 1 is 1.53 bits per heavy atom. The summed E-state index contributed by atoms with van der Waals surface area (Å²) in [6.07, 6.45) is 1.66. The van der Waals surface area contributed by atoms with Crippen molar-refractivity contribution in [1.29, 1.82) is 0 Å². The lowest BCUT2D eigenvalue weighted by Crippen LogP contribution is -2.40. The topological polar surface area (TPSA) is 80.6 Å². The van der Waals surface area contributed by atoms with Gasteiger partial charge in [0.2, 0.25) is 10.0 Å². The summed E-state index contributed by atoms with van der Waals surface area (Å²) in [5, 5.41) is 2.91. The maximum Gasteiger partial charge on any atom is 0.245 e. The van der Waals surface area contributed by atoms with Crippen molar-refractivity contribution in [3.8, 4) is 0 Å². The highest BCUT2D eigenvalue weighted by atomic mass is 79.9. The Hall–Kier alpha value is -0.410. The van der Waals surface area contributed by atoms with Gasteiger partial charge in [-0.1, -0.05) is 0 Å². The van der Waals surface area contributed by atoms with Crippen LogP contribution < -0.4 is 10.0 Å². The number of hydrogen-bond donors (Lipinski definition) is 2. The quantitative estimate of drug-likeness (QED) is 0.832. The molecule has 0 saturated carbocycles. The van der Waals surface area contributed by atoms with E-state index in [0.29, 0.717) is 25.5 Å². The van der Waals surface area contributed by atoms with Gasteiger partial charge in [0, 0.05) is 18.7 Å². The van der Waals surface area contributed by atoms with Crippen LogP contribution in [0.4, 0.5) is 0 Å². The molecule has 2 rings (SSSR count). The van der Waals surface area contributed by atoms with Gasteiger partial charge in [-0.25, -0.2) is 13.1 Å². The number of hydrogen-bond acceptors (Lipinski definition) is 5. The molecule has 1 atom stereocenters. The molecule has 19 heavy (non-hydrogen) atoms. The Morgan fingerprint density at radius 2 is 2.32 bits per heavy atom. The highest BCUT2D eigenvalue weighted by molar-refractivity contribution is 9.10. The fourth-order valence-corrected chi connectivity index (χ4v) is 4.21. The van der Waals surface area contributed by atoms with Crippen LogP contribution in [0.15, 0.2) is 20.0 Å². The summed E-state index contributed by atoms with van der Waals surface area (Å²) in [7, 11) is -1.82. The van der Waals surface area contributed by atoms with Crippen molar-refractivity contribution >= 4 is 26.0 Å². The minimum Gasteiger partial charge on any atom is -0.452 e. The monoisotopic (exact) mass is 352 g/mol.